The average Bonchev–Trinajstić information content (AvgIpc) is 3.01. The predicted octanol–water partition coefficient (Wildman–Crippen LogP) is 3.16. The molecule has 2 heterocycles. The minimum absolute atomic E-state index is 0.0153. The number of hydrogen-bond donors (Lipinski definition) is 1. The number of carbonyl (C=O) groups excluding carboxylic acids is 3. The van der Waals surface area contributed by atoms with Gasteiger partial charge in [0.25, 0.3) is 17.7 Å². The summed E-state index contributed by atoms with van der Waals surface area (Å²) in [4.78, 5) is 39.8. The normalized spacial score (nSPS) is 20.7. The van der Waals surface area contributed by atoms with Gasteiger partial charge in [-0.3, -0.25) is 24.6 Å². The van der Waals surface area contributed by atoms with E-state index < -0.39 is 17.7 Å². The van der Waals surface area contributed by atoms with Gasteiger partial charge in [-0.15, -0.1) is 0 Å². The van der Waals surface area contributed by atoms with Crippen molar-refractivity contribution in [2.45, 2.75) is 6.92 Å². The highest BCUT2D eigenvalue weighted by molar-refractivity contribution is 9.10. The fourth-order valence-electron chi connectivity index (χ4n) is 3.19. The van der Waals surface area contributed by atoms with Crippen LogP contribution < -0.4 is 15.2 Å². The van der Waals surface area contributed by atoms with Crippen molar-refractivity contribution in [3.8, 4) is 0 Å². The summed E-state index contributed by atoms with van der Waals surface area (Å²) in [6.07, 6.45) is 1.36. The van der Waals surface area contributed by atoms with Crippen LogP contribution in [0.4, 0.5) is 11.4 Å². The van der Waals surface area contributed by atoms with E-state index in [-0.39, 0.29) is 16.6 Å². The molecule has 30 heavy (non-hydrogen) atoms. The van der Waals surface area contributed by atoms with E-state index in [4.69, 9.17) is 12.2 Å². The zero-order chi connectivity index (χ0) is 21.4. The van der Waals surface area contributed by atoms with E-state index in [2.05, 4.69) is 26.3 Å². The number of halogens is 1. The van der Waals surface area contributed by atoms with Crippen molar-refractivity contribution < 1.29 is 14.4 Å². The van der Waals surface area contributed by atoms with Gasteiger partial charge in [0.05, 0.1) is 23.0 Å². The van der Waals surface area contributed by atoms with Crippen LogP contribution in [0.25, 0.3) is 0 Å². The molecular formula is C21H15BrN4O3S. The third-order valence-corrected chi connectivity index (χ3v) is 5.52. The lowest BCUT2D eigenvalue weighted by Crippen LogP contribution is -2.54. The van der Waals surface area contributed by atoms with Crippen LogP contribution in [0.3, 0.4) is 0 Å². The SMILES string of the molecule is CC1=NN(c2ccccc2)C(=O)[C@@H]1/C=C1\C(=O)NC(=S)N(c2ccc(Br)cc2)C1=O. The molecule has 0 aromatic heterocycles. The number of nitrogens with zero attached hydrogens (tertiary/aromatic N) is 3. The molecule has 1 saturated heterocycles. The highest BCUT2D eigenvalue weighted by atomic mass is 79.9. The van der Waals surface area contributed by atoms with E-state index >= 15 is 0 Å². The number of nitrogens with one attached hydrogen (secondary N) is 1. The summed E-state index contributed by atoms with van der Waals surface area (Å²) in [6.45, 7) is 1.69. The first-order valence-corrected chi connectivity index (χ1v) is 10.2. The fourth-order valence-corrected chi connectivity index (χ4v) is 3.74. The second-order valence-corrected chi connectivity index (χ2v) is 7.96. The van der Waals surface area contributed by atoms with Crippen LogP contribution in [0.15, 0.2) is 75.8 Å². The Hall–Kier alpha value is -3.17. The summed E-state index contributed by atoms with van der Waals surface area (Å²) < 4.78 is 0.839. The number of thiocarbonyl (C=S) groups is 1. The third-order valence-electron chi connectivity index (χ3n) is 4.70. The number of carbonyl (C=O) groups is 3. The van der Waals surface area contributed by atoms with Crippen molar-refractivity contribution in [3.05, 3.63) is 70.7 Å². The molecule has 0 aliphatic carbocycles. The van der Waals surface area contributed by atoms with Crippen LogP contribution in [0.2, 0.25) is 0 Å². The summed E-state index contributed by atoms with van der Waals surface area (Å²) in [5.74, 6) is -2.40. The molecule has 0 spiro atoms. The Morgan fingerprint density at radius 2 is 1.70 bits per heavy atom. The molecular weight excluding hydrogens is 468 g/mol. The lowest BCUT2D eigenvalue weighted by atomic mass is 9.98. The Morgan fingerprint density at radius 3 is 2.37 bits per heavy atom. The first kappa shape index (κ1) is 20.1. The zero-order valence-electron chi connectivity index (χ0n) is 15.7. The van der Waals surface area contributed by atoms with Crippen molar-refractivity contribution in [1.29, 1.82) is 0 Å². The molecule has 1 atom stereocenters. The molecule has 0 radical (unpaired) electrons. The molecule has 150 valence electrons. The van der Waals surface area contributed by atoms with Gasteiger partial charge in [0.15, 0.2) is 5.11 Å². The van der Waals surface area contributed by atoms with E-state index in [1.807, 2.05) is 6.07 Å². The fraction of sp³-hybridized carbons (Fsp3) is 0.0952. The van der Waals surface area contributed by atoms with E-state index in [1.165, 1.54) is 16.0 Å². The Kier molecular flexibility index (Phi) is 5.31. The number of amides is 3. The second kappa shape index (κ2) is 7.92. The summed E-state index contributed by atoms with van der Waals surface area (Å²) in [7, 11) is 0. The summed E-state index contributed by atoms with van der Waals surface area (Å²) in [5, 5.41) is 8.09. The zero-order valence-corrected chi connectivity index (χ0v) is 18.1. The largest absolute Gasteiger partial charge is 0.298 e. The highest BCUT2D eigenvalue weighted by Gasteiger charge is 2.39. The molecule has 9 heteroatoms. The molecule has 0 unspecified atom stereocenters. The Morgan fingerprint density at radius 1 is 1.03 bits per heavy atom. The van der Waals surface area contributed by atoms with Crippen LogP contribution >= 0.6 is 28.1 Å². The van der Waals surface area contributed by atoms with E-state index in [1.54, 1.807) is 55.5 Å². The van der Waals surface area contributed by atoms with Gasteiger partial charge in [0.1, 0.15) is 5.57 Å². The first-order valence-electron chi connectivity index (χ1n) is 8.98. The van der Waals surface area contributed by atoms with E-state index in [0.29, 0.717) is 17.1 Å². The molecule has 3 amide bonds. The summed E-state index contributed by atoms with van der Waals surface area (Å²) in [5.41, 5.74) is 1.45. The van der Waals surface area contributed by atoms with Gasteiger partial charge in [-0.25, -0.2) is 0 Å². The van der Waals surface area contributed by atoms with E-state index in [9.17, 15) is 14.4 Å². The molecule has 0 bridgehead atoms. The maximum atomic E-state index is 13.1. The number of hydrogen-bond acceptors (Lipinski definition) is 5. The van der Waals surface area contributed by atoms with Crippen LogP contribution in [0, 0.1) is 5.92 Å². The lowest BCUT2D eigenvalue weighted by Gasteiger charge is -2.29. The van der Waals surface area contributed by atoms with Gasteiger partial charge in [0, 0.05) is 4.47 Å². The topological polar surface area (TPSA) is 82.1 Å². The molecule has 1 N–H and O–H groups in total. The van der Waals surface area contributed by atoms with Crippen molar-refractivity contribution in [2.24, 2.45) is 11.0 Å². The summed E-state index contributed by atoms with van der Waals surface area (Å²) >= 11 is 8.54. The molecule has 2 aromatic rings. The van der Waals surface area contributed by atoms with Crippen LogP contribution in [-0.4, -0.2) is 28.5 Å². The smallest absolute Gasteiger partial charge is 0.269 e. The van der Waals surface area contributed by atoms with Gasteiger partial charge in [-0.1, -0.05) is 34.1 Å². The molecule has 0 saturated carbocycles. The molecule has 2 aliphatic rings. The van der Waals surface area contributed by atoms with E-state index in [0.717, 1.165) is 4.47 Å². The van der Waals surface area contributed by atoms with Gasteiger partial charge in [-0.05, 0) is 61.6 Å². The maximum Gasteiger partial charge on any atom is 0.269 e. The number of anilines is 2. The predicted molar refractivity (Wildman–Crippen MR) is 121 cm³/mol. The monoisotopic (exact) mass is 482 g/mol. The summed E-state index contributed by atoms with van der Waals surface area (Å²) in [6, 6.07) is 15.9. The van der Waals surface area contributed by atoms with Crippen molar-refractivity contribution in [3.63, 3.8) is 0 Å². The molecule has 7 nitrogen and oxygen atoms in total. The second-order valence-electron chi connectivity index (χ2n) is 6.66. The number of benzene rings is 2. The number of para-hydroxylation sites is 1. The molecule has 1 fully saturated rings. The minimum Gasteiger partial charge on any atom is -0.298 e. The standard InChI is InChI=1S/C21H15BrN4O3S/c1-12-16(20(29)26(24-12)15-5-3-2-4-6-15)11-17-18(27)23-21(30)25(19(17)28)14-9-7-13(22)8-10-14/h2-11,16H,1H3,(H,23,27,30)/b17-11+/t16-/m1/s1. The lowest BCUT2D eigenvalue weighted by molar-refractivity contribution is -0.122. The van der Waals surface area contributed by atoms with Crippen molar-refractivity contribution >= 4 is 68.1 Å². The average molecular weight is 483 g/mol. The molecule has 4 rings (SSSR count). The third kappa shape index (κ3) is 3.57. The Labute approximate surface area is 186 Å². The van der Waals surface area contributed by atoms with Gasteiger partial charge in [0.2, 0.25) is 0 Å². The Bertz CT molecular complexity index is 1130. The van der Waals surface area contributed by atoms with Crippen LogP contribution in [0.1, 0.15) is 6.92 Å². The van der Waals surface area contributed by atoms with Crippen LogP contribution in [0.5, 0.6) is 0 Å². The number of rotatable bonds is 3. The molecule has 2 aliphatic heterocycles. The van der Waals surface area contributed by atoms with Gasteiger partial charge in [-0.2, -0.15) is 10.1 Å². The van der Waals surface area contributed by atoms with Gasteiger partial charge >= 0.3 is 0 Å². The quantitative estimate of drug-likeness (QED) is 0.413. The Balaban J connectivity index is 1.67. The molecule has 2 aromatic carbocycles. The number of hydrazone groups is 1. The minimum atomic E-state index is -0.826. The van der Waals surface area contributed by atoms with Crippen molar-refractivity contribution in [2.75, 3.05) is 9.91 Å². The maximum absolute atomic E-state index is 13.1. The van der Waals surface area contributed by atoms with Crippen molar-refractivity contribution in [1.82, 2.24) is 5.32 Å². The first-order chi connectivity index (χ1) is 14.4. The highest BCUT2D eigenvalue weighted by Crippen LogP contribution is 2.27. The van der Waals surface area contributed by atoms with Gasteiger partial charge < -0.3 is 0 Å². The van der Waals surface area contributed by atoms with Crippen LogP contribution in [-0.2, 0) is 14.4 Å².